The number of rotatable bonds is 4. The van der Waals surface area contributed by atoms with Gasteiger partial charge in [0.25, 0.3) is 0 Å². The SMILES string of the molecule is C[C@]1(F)[C@H](N=C(NO)NC(=N)C=N)O[C@@](CO)(N=[N+]=[N-])[C@H]1O. The molecule has 0 radical (unpaired) electrons. The lowest BCUT2D eigenvalue weighted by Gasteiger charge is -2.25. The number of ether oxygens (including phenoxy) is 1. The molecule has 1 fully saturated rings. The number of hydrogen-bond donors (Lipinski definition) is 7. The minimum absolute atomic E-state index is 0.483. The largest absolute Gasteiger partial charge is 0.393 e. The first-order valence-corrected chi connectivity index (χ1v) is 5.83. The molecular weight excluding hydrogens is 303 g/mol. The summed E-state index contributed by atoms with van der Waals surface area (Å²) in [5, 5.41) is 47.2. The Kier molecular flexibility index (Phi) is 5.35. The first-order valence-electron chi connectivity index (χ1n) is 5.83. The average molecular weight is 318 g/mol. The number of aliphatic imine (C=N–C) groups is 1. The quantitative estimate of drug-likeness (QED) is 0.0862. The molecule has 0 aliphatic carbocycles. The van der Waals surface area contributed by atoms with Gasteiger partial charge in [0.2, 0.25) is 11.7 Å². The lowest BCUT2D eigenvalue weighted by Crippen LogP contribution is -2.48. The summed E-state index contributed by atoms with van der Waals surface area (Å²) in [5.41, 5.74) is 5.13. The van der Waals surface area contributed by atoms with Gasteiger partial charge in [-0.25, -0.2) is 14.9 Å². The zero-order valence-corrected chi connectivity index (χ0v) is 11.4. The highest BCUT2D eigenvalue weighted by Crippen LogP contribution is 2.42. The molecular formula is C9H15FN8O4. The molecule has 1 aliphatic rings. The monoisotopic (exact) mass is 318 g/mol. The summed E-state index contributed by atoms with van der Waals surface area (Å²) in [7, 11) is 0. The van der Waals surface area contributed by atoms with Gasteiger partial charge in [-0.3, -0.25) is 10.6 Å². The van der Waals surface area contributed by atoms with Gasteiger partial charge in [-0.05, 0) is 12.5 Å². The molecule has 0 aromatic rings. The molecule has 4 atom stereocenters. The molecule has 1 aliphatic heterocycles. The summed E-state index contributed by atoms with van der Waals surface area (Å²) in [6.45, 7) is -0.109. The molecule has 0 aromatic carbocycles. The molecule has 0 spiro atoms. The predicted octanol–water partition coefficient (Wildman–Crippen LogP) is -1.02. The predicted molar refractivity (Wildman–Crippen MR) is 71.4 cm³/mol. The maximum absolute atomic E-state index is 14.6. The number of nitrogens with zero attached hydrogens (tertiary/aromatic N) is 4. The van der Waals surface area contributed by atoms with Crippen LogP contribution in [0.1, 0.15) is 6.92 Å². The average Bonchev–Trinajstić information content (AvgIpc) is 2.68. The van der Waals surface area contributed by atoms with Crippen LogP contribution in [-0.4, -0.2) is 63.8 Å². The van der Waals surface area contributed by atoms with Crippen molar-refractivity contribution in [2.75, 3.05) is 6.61 Å². The number of hydroxylamine groups is 1. The Morgan fingerprint density at radius 3 is 2.73 bits per heavy atom. The summed E-state index contributed by atoms with van der Waals surface area (Å²) < 4.78 is 19.6. The van der Waals surface area contributed by atoms with Crippen LogP contribution >= 0.6 is 0 Å². The highest BCUT2D eigenvalue weighted by Gasteiger charge is 2.62. The lowest BCUT2D eigenvalue weighted by molar-refractivity contribution is -0.105. The van der Waals surface area contributed by atoms with Crippen molar-refractivity contribution < 1.29 is 24.5 Å². The fraction of sp³-hybridized carbons (Fsp3) is 0.667. The number of amidine groups is 1. The number of aliphatic hydroxyl groups excluding tert-OH is 2. The van der Waals surface area contributed by atoms with E-state index >= 15 is 0 Å². The molecule has 1 heterocycles. The van der Waals surface area contributed by atoms with Gasteiger partial charge in [0, 0.05) is 4.91 Å². The number of guanidine groups is 1. The molecule has 0 aromatic heterocycles. The lowest BCUT2D eigenvalue weighted by atomic mass is 9.95. The van der Waals surface area contributed by atoms with Crippen LogP contribution in [0.5, 0.6) is 0 Å². The van der Waals surface area contributed by atoms with Crippen molar-refractivity contribution in [3.63, 3.8) is 0 Å². The summed E-state index contributed by atoms with van der Waals surface area (Å²) in [6.07, 6.45) is -3.22. The van der Waals surface area contributed by atoms with Crippen LogP contribution in [0.3, 0.4) is 0 Å². The van der Waals surface area contributed by atoms with Crippen LogP contribution in [-0.2, 0) is 4.74 Å². The van der Waals surface area contributed by atoms with E-state index in [1.54, 1.807) is 0 Å². The third-order valence-electron chi connectivity index (χ3n) is 2.95. The second-order valence-electron chi connectivity index (χ2n) is 4.49. The van der Waals surface area contributed by atoms with E-state index in [1.165, 1.54) is 5.48 Å². The van der Waals surface area contributed by atoms with Crippen LogP contribution in [0.2, 0.25) is 0 Å². The normalized spacial score (nSPS) is 34.7. The van der Waals surface area contributed by atoms with Crippen LogP contribution < -0.4 is 10.8 Å². The number of nitrogens with one attached hydrogen (secondary N) is 4. The van der Waals surface area contributed by atoms with E-state index in [1.807, 2.05) is 0 Å². The standard InChI is InChI=1S/C9H15FN8O4/c1-8(10)5(20)9(3-19,17-18-13)22-6(8)15-7(16-21)14-4(12)2-11/h2,5-6,11,19-21H,3H2,1H3,(H3,12,14,15,16)/t5-,6+,8+,9+/m0/s1. The number of alkyl halides is 1. The smallest absolute Gasteiger partial charge is 0.223 e. The molecule has 0 bridgehead atoms. The second-order valence-corrected chi connectivity index (χ2v) is 4.49. The second kappa shape index (κ2) is 6.64. The number of halogens is 1. The van der Waals surface area contributed by atoms with Crippen LogP contribution in [0.25, 0.3) is 10.4 Å². The molecule has 1 saturated heterocycles. The van der Waals surface area contributed by atoms with Gasteiger partial charge >= 0.3 is 0 Å². The Hall–Kier alpha value is -2.31. The van der Waals surface area contributed by atoms with Gasteiger partial charge in [-0.1, -0.05) is 5.11 Å². The van der Waals surface area contributed by atoms with E-state index in [-0.39, 0.29) is 0 Å². The first kappa shape index (κ1) is 17.7. The molecule has 22 heavy (non-hydrogen) atoms. The van der Waals surface area contributed by atoms with E-state index in [0.717, 1.165) is 6.92 Å². The van der Waals surface area contributed by atoms with E-state index in [4.69, 9.17) is 26.3 Å². The van der Waals surface area contributed by atoms with E-state index in [9.17, 15) is 14.6 Å². The Bertz CT molecular complexity index is 534. The van der Waals surface area contributed by atoms with Crippen molar-refractivity contribution in [2.24, 2.45) is 10.1 Å². The number of azide groups is 1. The van der Waals surface area contributed by atoms with Crippen molar-refractivity contribution in [3.05, 3.63) is 10.4 Å². The first-order chi connectivity index (χ1) is 10.3. The summed E-state index contributed by atoms with van der Waals surface area (Å²) in [4.78, 5) is 5.95. The van der Waals surface area contributed by atoms with Gasteiger partial charge in [0.05, 0.1) is 12.8 Å². The minimum atomic E-state index is -2.58. The van der Waals surface area contributed by atoms with Crippen molar-refractivity contribution in [1.82, 2.24) is 10.8 Å². The van der Waals surface area contributed by atoms with Gasteiger partial charge in [0.1, 0.15) is 11.9 Å². The van der Waals surface area contributed by atoms with Crippen molar-refractivity contribution in [3.8, 4) is 0 Å². The molecule has 122 valence electrons. The van der Waals surface area contributed by atoms with Gasteiger partial charge in [-0.15, -0.1) is 0 Å². The van der Waals surface area contributed by atoms with E-state index < -0.39 is 42.1 Å². The topological polar surface area (TPSA) is 203 Å². The number of hydrogen-bond acceptors (Lipinski definition) is 8. The molecule has 12 nitrogen and oxygen atoms in total. The highest BCUT2D eigenvalue weighted by atomic mass is 19.1. The third-order valence-corrected chi connectivity index (χ3v) is 2.95. The highest BCUT2D eigenvalue weighted by molar-refractivity contribution is 6.30. The van der Waals surface area contributed by atoms with Gasteiger partial charge in [-0.2, -0.15) is 0 Å². The molecule has 0 amide bonds. The molecule has 0 unspecified atom stereocenters. The Morgan fingerprint density at radius 1 is 1.64 bits per heavy atom. The maximum Gasteiger partial charge on any atom is 0.223 e. The molecule has 0 saturated carbocycles. The Labute approximate surface area is 123 Å². The molecule has 13 heteroatoms. The van der Waals surface area contributed by atoms with Crippen molar-refractivity contribution in [1.29, 1.82) is 10.8 Å². The fourth-order valence-electron chi connectivity index (χ4n) is 1.78. The van der Waals surface area contributed by atoms with Crippen LogP contribution in [0.4, 0.5) is 4.39 Å². The van der Waals surface area contributed by atoms with E-state index in [0.29, 0.717) is 6.21 Å². The van der Waals surface area contributed by atoms with Crippen molar-refractivity contribution in [2.45, 2.75) is 30.6 Å². The zero-order valence-electron chi connectivity index (χ0n) is 11.4. The Balaban J connectivity index is 3.16. The molecule has 1 rings (SSSR count). The Morgan fingerprint density at radius 2 is 2.27 bits per heavy atom. The maximum atomic E-state index is 14.6. The fourth-order valence-corrected chi connectivity index (χ4v) is 1.78. The minimum Gasteiger partial charge on any atom is -0.393 e. The van der Waals surface area contributed by atoms with Crippen LogP contribution in [0, 0.1) is 10.8 Å². The van der Waals surface area contributed by atoms with Gasteiger partial charge < -0.3 is 25.7 Å². The number of aliphatic hydroxyl groups is 2. The van der Waals surface area contributed by atoms with Crippen molar-refractivity contribution >= 4 is 18.0 Å². The van der Waals surface area contributed by atoms with Crippen LogP contribution in [0.15, 0.2) is 10.1 Å². The summed E-state index contributed by atoms with van der Waals surface area (Å²) >= 11 is 0. The summed E-state index contributed by atoms with van der Waals surface area (Å²) in [5.74, 6) is -1.04. The zero-order chi connectivity index (χ0) is 17.0. The molecule has 7 N–H and O–H groups in total. The summed E-state index contributed by atoms with van der Waals surface area (Å²) in [6, 6.07) is 0. The van der Waals surface area contributed by atoms with E-state index in [2.05, 4.69) is 20.3 Å². The van der Waals surface area contributed by atoms with Gasteiger partial charge in [0.15, 0.2) is 11.9 Å². The third kappa shape index (κ3) is 3.13.